The number of benzene rings is 2. The summed E-state index contributed by atoms with van der Waals surface area (Å²) < 4.78 is 26.9. The number of aromatic nitrogens is 1. The molecule has 7 nitrogen and oxygen atoms in total. The zero-order valence-corrected chi connectivity index (χ0v) is 19.6. The number of nitrogens with one attached hydrogen (secondary N) is 3. The van der Waals surface area contributed by atoms with E-state index in [1.807, 2.05) is 24.3 Å². The highest BCUT2D eigenvalue weighted by molar-refractivity contribution is 5.98. The molecule has 1 aromatic heterocycles. The van der Waals surface area contributed by atoms with E-state index < -0.39 is 17.5 Å². The third kappa shape index (κ3) is 6.97. The number of hydrogen-bond acceptors (Lipinski definition) is 6. The van der Waals surface area contributed by atoms with Crippen LogP contribution in [-0.2, 0) is 17.8 Å². The highest BCUT2D eigenvalue weighted by Crippen LogP contribution is 2.23. The van der Waals surface area contributed by atoms with Crippen LogP contribution in [0.5, 0.6) is 0 Å². The summed E-state index contributed by atoms with van der Waals surface area (Å²) in [5.41, 5.74) is 8.01. The molecule has 1 aliphatic rings. The van der Waals surface area contributed by atoms with Crippen LogP contribution in [0.25, 0.3) is 0 Å². The summed E-state index contributed by atoms with van der Waals surface area (Å²) in [6.07, 6.45) is 3.62. The molecule has 1 aliphatic heterocycles. The van der Waals surface area contributed by atoms with Gasteiger partial charge in [-0.2, -0.15) is 0 Å². The molecule has 4 rings (SSSR count). The fourth-order valence-corrected chi connectivity index (χ4v) is 3.91. The van der Waals surface area contributed by atoms with Crippen molar-refractivity contribution in [3.05, 3.63) is 83.1 Å². The SMILES string of the molecule is Cl.NC(=O)c1cnc(Nc2ccc(CC(=O)[C@@H]3CCCN3)cc2)cc1NCc1cc(F)cc(F)c1. The number of carbonyl (C=O) groups is 2. The smallest absolute Gasteiger partial charge is 0.252 e. The van der Waals surface area contributed by atoms with Gasteiger partial charge in [0, 0.05) is 37.0 Å². The molecular weight excluding hydrogens is 476 g/mol. The van der Waals surface area contributed by atoms with Crippen molar-refractivity contribution in [3.8, 4) is 0 Å². The minimum atomic E-state index is -0.686. The van der Waals surface area contributed by atoms with Crippen LogP contribution in [0.1, 0.15) is 34.3 Å². The highest BCUT2D eigenvalue weighted by Gasteiger charge is 2.21. The van der Waals surface area contributed by atoms with Crippen LogP contribution in [0.3, 0.4) is 0 Å². The van der Waals surface area contributed by atoms with Gasteiger partial charge in [0.1, 0.15) is 17.5 Å². The van der Waals surface area contributed by atoms with Gasteiger partial charge < -0.3 is 21.7 Å². The van der Waals surface area contributed by atoms with Gasteiger partial charge in [0.15, 0.2) is 5.78 Å². The van der Waals surface area contributed by atoms with E-state index in [0.29, 0.717) is 23.5 Å². The van der Waals surface area contributed by atoms with Crippen LogP contribution in [0, 0.1) is 11.6 Å². The van der Waals surface area contributed by atoms with Gasteiger partial charge in [0.25, 0.3) is 5.91 Å². The van der Waals surface area contributed by atoms with Crippen molar-refractivity contribution in [3.63, 3.8) is 0 Å². The second-order valence-corrected chi connectivity index (χ2v) is 8.22. The first-order valence-corrected chi connectivity index (χ1v) is 11.0. The molecule has 1 fully saturated rings. The van der Waals surface area contributed by atoms with E-state index in [1.54, 1.807) is 6.07 Å². The normalized spacial score (nSPS) is 14.7. The van der Waals surface area contributed by atoms with E-state index in [4.69, 9.17) is 5.73 Å². The van der Waals surface area contributed by atoms with E-state index in [9.17, 15) is 18.4 Å². The first-order valence-electron chi connectivity index (χ1n) is 11.0. The van der Waals surface area contributed by atoms with Crippen molar-refractivity contribution < 1.29 is 18.4 Å². The molecule has 184 valence electrons. The lowest BCUT2D eigenvalue weighted by molar-refractivity contribution is -0.120. The molecule has 0 aliphatic carbocycles. The Labute approximate surface area is 207 Å². The Balaban J connectivity index is 0.00000342. The zero-order valence-electron chi connectivity index (χ0n) is 18.8. The second-order valence-electron chi connectivity index (χ2n) is 8.22. The Morgan fingerprint density at radius 2 is 1.77 bits per heavy atom. The summed E-state index contributed by atoms with van der Waals surface area (Å²) in [6.45, 7) is 0.966. The maximum Gasteiger partial charge on any atom is 0.252 e. The third-order valence-electron chi connectivity index (χ3n) is 5.63. The van der Waals surface area contributed by atoms with Gasteiger partial charge in [-0.05, 0) is 54.8 Å². The summed E-state index contributed by atoms with van der Waals surface area (Å²) in [7, 11) is 0. The molecule has 3 aromatic rings. The summed E-state index contributed by atoms with van der Waals surface area (Å²) >= 11 is 0. The number of rotatable bonds is 9. The largest absolute Gasteiger partial charge is 0.380 e. The van der Waals surface area contributed by atoms with Crippen molar-refractivity contribution in [1.29, 1.82) is 0 Å². The summed E-state index contributed by atoms with van der Waals surface area (Å²) in [6, 6.07) is 12.2. The van der Waals surface area contributed by atoms with Gasteiger partial charge in [-0.1, -0.05) is 12.1 Å². The van der Waals surface area contributed by atoms with E-state index in [-0.39, 0.29) is 36.3 Å². The predicted molar refractivity (Wildman–Crippen MR) is 133 cm³/mol. The zero-order chi connectivity index (χ0) is 24.1. The van der Waals surface area contributed by atoms with Gasteiger partial charge in [0.05, 0.1) is 17.3 Å². The number of primary amides is 1. The number of nitrogens with zero attached hydrogens (tertiary/aromatic N) is 1. The Bertz CT molecular complexity index is 1180. The number of ketones is 1. The van der Waals surface area contributed by atoms with Crippen LogP contribution in [0.15, 0.2) is 54.7 Å². The molecule has 1 amide bonds. The van der Waals surface area contributed by atoms with E-state index in [0.717, 1.165) is 36.7 Å². The van der Waals surface area contributed by atoms with Crippen LogP contribution in [0.2, 0.25) is 0 Å². The first-order chi connectivity index (χ1) is 16.4. The molecule has 0 unspecified atom stereocenters. The number of Topliss-reactive ketones (excluding diaryl/α,β-unsaturated/α-hetero) is 1. The number of halogens is 3. The highest BCUT2D eigenvalue weighted by atomic mass is 35.5. The molecule has 0 spiro atoms. The van der Waals surface area contributed by atoms with Crippen LogP contribution in [-0.4, -0.2) is 29.3 Å². The number of hydrogen-bond donors (Lipinski definition) is 4. The standard InChI is InChI=1S/C25H25F2N5O2.ClH/c26-17-8-16(9-18(27)11-17)13-30-22-12-24(31-14-20(22)25(28)34)32-19-5-3-15(4-6-19)10-23(33)21-2-1-7-29-21;/h3-6,8-9,11-12,14,21,29H,1-2,7,10,13H2,(H2,28,34)(H2,30,31,32);1H/t21-;/m0./s1. The summed E-state index contributed by atoms with van der Waals surface area (Å²) in [4.78, 5) is 28.4. The minimum Gasteiger partial charge on any atom is -0.380 e. The molecule has 35 heavy (non-hydrogen) atoms. The van der Waals surface area contributed by atoms with Gasteiger partial charge in [-0.3, -0.25) is 9.59 Å². The van der Waals surface area contributed by atoms with Crippen molar-refractivity contribution in [1.82, 2.24) is 10.3 Å². The Morgan fingerprint density at radius 1 is 1.06 bits per heavy atom. The predicted octanol–water partition coefficient (Wildman–Crippen LogP) is 4.10. The van der Waals surface area contributed by atoms with E-state index >= 15 is 0 Å². The van der Waals surface area contributed by atoms with Gasteiger partial charge in [-0.15, -0.1) is 12.4 Å². The van der Waals surface area contributed by atoms with Gasteiger partial charge in [0.2, 0.25) is 0 Å². The topological polar surface area (TPSA) is 109 Å². The number of pyridine rings is 1. The lowest BCUT2D eigenvalue weighted by Crippen LogP contribution is -2.31. The molecule has 1 atom stereocenters. The van der Waals surface area contributed by atoms with Crippen LogP contribution in [0.4, 0.5) is 26.0 Å². The lowest BCUT2D eigenvalue weighted by atomic mass is 10.0. The summed E-state index contributed by atoms with van der Waals surface area (Å²) in [5, 5.41) is 9.35. The maximum atomic E-state index is 13.5. The average molecular weight is 502 g/mol. The number of carbonyl (C=O) groups excluding carboxylic acids is 2. The van der Waals surface area contributed by atoms with Gasteiger partial charge in [-0.25, -0.2) is 13.8 Å². The fourth-order valence-electron chi connectivity index (χ4n) is 3.91. The molecule has 2 aromatic carbocycles. The number of nitrogens with two attached hydrogens (primary N) is 1. The Morgan fingerprint density at radius 3 is 2.40 bits per heavy atom. The molecule has 0 saturated carbocycles. The summed E-state index contributed by atoms with van der Waals surface area (Å²) in [5.74, 6) is -1.42. The third-order valence-corrected chi connectivity index (χ3v) is 5.63. The maximum absolute atomic E-state index is 13.5. The molecule has 2 heterocycles. The van der Waals surface area contributed by atoms with Crippen LogP contribution < -0.4 is 21.7 Å². The van der Waals surface area contributed by atoms with Crippen LogP contribution >= 0.6 is 12.4 Å². The Hall–Kier alpha value is -3.56. The average Bonchev–Trinajstić information content (AvgIpc) is 3.34. The molecule has 10 heteroatoms. The van der Waals surface area contributed by atoms with Crippen molar-refractivity contribution in [2.45, 2.75) is 31.8 Å². The second kappa shape index (κ2) is 11.7. The number of amides is 1. The number of anilines is 3. The minimum absolute atomic E-state index is 0. The molecular formula is C25H26ClF2N5O2. The van der Waals surface area contributed by atoms with Gasteiger partial charge >= 0.3 is 0 Å². The fraction of sp³-hybridized carbons (Fsp3) is 0.240. The van der Waals surface area contributed by atoms with Crippen molar-refractivity contribution in [2.75, 3.05) is 17.2 Å². The lowest BCUT2D eigenvalue weighted by Gasteiger charge is -2.13. The molecule has 5 N–H and O–H groups in total. The molecule has 0 radical (unpaired) electrons. The Kier molecular flexibility index (Phi) is 8.73. The quantitative estimate of drug-likeness (QED) is 0.351. The first kappa shape index (κ1) is 26.1. The van der Waals surface area contributed by atoms with Crippen molar-refractivity contribution in [2.24, 2.45) is 5.73 Å². The van der Waals surface area contributed by atoms with Crippen molar-refractivity contribution >= 4 is 41.3 Å². The molecule has 0 bridgehead atoms. The van der Waals surface area contributed by atoms with E-state index in [1.165, 1.54) is 18.3 Å². The van der Waals surface area contributed by atoms with E-state index in [2.05, 4.69) is 20.9 Å². The monoisotopic (exact) mass is 501 g/mol. The molecule has 1 saturated heterocycles.